The Morgan fingerprint density at radius 3 is 1.93 bits per heavy atom. The quantitative estimate of drug-likeness (QED) is 0.154. The van der Waals surface area contributed by atoms with Crippen molar-refractivity contribution in [1.29, 1.82) is 0 Å². The van der Waals surface area contributed by atoms with Crippen molar-refractivity contribution in [1.82, 2.24) is 15.8 Å². The lowest BCUT2D eigenvalue weighted by atomic mass is 10.1. The highest BCUT2D eigenvalue weighted by Crippen LogP contribution is 2.36. The monoisotopic (exact) mass is 921 g/mol. The Morgan fingerprint density at radius 1 is 0.850 bits per heavy atom. The average Bonchev–Trinajstić information content (AvgIpc) is 3.07. The van der Waals surface area contributed by atoms with Crippen LogP contribution < -0.4 is 10.7 Å². The van der Waals surface area contributed by atoms with Crippen molar-refractivity contribution in [3.8, 4) is 0 Å². The Hall–Kier alpha value is -0.130. The SMILES string of the molecule is CC(=O)NN(C(=O)c1c(I)c(Cl)c(I)c(C(=O)NC2COC(C)(C)OCC2O)c1I)C1COC(C)(C)OCC1O. The number of halogens is 4. The molecule has 12 nitrogen and oxygen atoms in total. The molecular weight excluding hydrogens is 890 g/mol. The van der Waals surface area contributed by atoms with Gasteiger partial charge in [-0.05, 0) is 95.5 Å². The second-order valence-corrected chi connectivity index (χ2v) is 13.8. The molecule has 2 fully saturated rings. The van der Waals surface area contributed by atoms with Gasteiger partial charge in [-0.3, -0.25) is 19.8 Å². The molecule has 2 aliphatic heterocycles. The number of aliphatic hydroxyl groups is 2. The van der Waals surface area contributed by atoms with Gasteiger partial charge < -0.3 is 34.5 Å². The van der Waals surface area contributed by atoms with Crippen LogP contribution in [0.15, 0.2) is 0 Å². The maximum absolute atomic E-state index is 14.1. The molecule has 4 atom stereocenters. The van der Waals surface area contributed by atoms with E-state index in [4.69, 9.17) is 30.5 Å². The van der Waals surface area contributed by atoms with Crippen LogP contribution in [0.4, 0.5) is 0 Å². The van der Waals surface area contributed by atoms with Crippen molar-refractivity contribution in [2.75, 3.05) is 26.4 Å². The fourth-order valence-corrected chi connectivity index (χ4v) is 8.21. The third-order valence-electron chi connectivity index (χ3n) is 6.17. The molecule has 0 aromatic heterocycles. The molecule has 16 heteroatoms. The van der Waals surface area contributed by atoms with Crippen LogP contribution in [0.25, 0.3) is 0 Å². The molecule has 0 radical (unpaired) electrons. The minimum Gasteiger partial charge on any atom is -0.388 e. The number of benzene rings is 1. The highest BCUT2D eigenvalue weighted by molar-refractivity contribution is 14.1. The van der Waals surface area contributed by atoms with Crippen molar-refractivity contribution in [2.45, 2.75) is 70.5 Å². The predicted octanol–water partition coefficient (Wildman–Crippen LogP) is 2.40. The zero-order valence-electron chi connectivity index (χ0n) is 22.3. The van der Waals surface area contributed by atoms with Gasteiger partial charge in [0.15, 0.2) is 11.6 Å². The normalized spacial score (nSPS) is 26.3. The fourth-order valence-electron chi connectivity index (χ4n) is 3.90. The fraction of sp³-hybridized carbons (Fsp3) is 0.625. The largest absolute Gasteiger partial charge is 0.388 e. The van der Waals surface area contributed by atoms with Crippen LogP contribution in [-0.4, -0.2) is 95.2 Å². The Kier molecular flexibility index (Phi) is 11.7. The van der Waals surface area contributed by atoms with E-state index in [0.29, 0.717) is 7.14 Å². The molecule has 3 rings (SSSR count). The highest BCUT2D eigenvalue weighted by Gasteiger charge is 2.40. The van der Waals surface area contributed by atoms with Crippen LogP contribution in [0.1, 0.15) is 55.3 Å². The average molecular weight is 922 g/mol. The van der Waals surface area contributed by atoms with Crippen molar-refractivity contribution in [3.05, 3.63) is 26.9 Å². The second kappa shape index (κ2) is 13.7. The number of hydrazine groups is 1. The molecule has 4 unspecified atom stereocenters. The van der Waals surface area contributed by atoms with E-state index in [1.165, 1.54) is 6.92 Å². The third-order valence-corrected chi connectivity index (χ3v) is 10.4. The van der Waals surface area contributed by atoms with Gasteiger partial charge in [-0.25, -0.2) is 5.01 Å². The van der Waals surface area contributed by atoms with Gasteiger partial charge >= 0.3 is 0 Å². The number of amides is 3. The smallest absolute Gasteiger partial charge is 0.274 e. The topological polar surface area (TPSA) is 156 Å². The zero-order chi connectivity index (χ0) is 30.2. The number of rotatable bonds is 4. The molecule has 2 heterocycles. The summed E-state index contributed by atoms with van der Waals surface area (Å²) in [6, 6.07) is -1.81. The van der Waals surface area contributed by atoms with Crippen LogP contribution in [0.3, 0.4) is 0 Å². The van der Waals surface area contributed by atoms with Crippen molar-refractivity contribution >= 4 is 97.1 Å². The number of carbonyl (C=O) groups excluding carboxylic acids is 3. The molecule has 0 bridgehead atoms. The van der Waals surface area contributed by atoms with Crippen LogP contribution in [0.5, 0.6) is 0 Å². The first-order chi connectivity index (χ1) is 18.5. The summed E-state index contributed by atoms with van der Waals surface area (Å²) in [7, 11) is 0. The van der Waals surface area contributed by atoms with E-state index in [9.17, 15) is 24.6 Å². The van der Waals surface area contributed by atoms with Gasteiger partial charge in [0.2, 0.25) is 5.91 Å². The van der Waals surface area contributed by atoms with E-state index >= 15 is 0 Å². The molecule has 0 aliphatic carbocycles. The maximum atomic E-state index is 14.1. The van der Waals surface area contributed by atoms with Gasteiger partial charge in [0.25, 0.3) is 11.8 Å². The summed E-state index contributed by atoms with van der Waals surface area (Å²) in [6.45, 7) is 7.63. The first kappa shape index (κ1) is 34.4. The number of carbonyl (C=O) groups is 3. The molecule has 2 aliphatic rings. The lowest BCUT2D eigenvalue weighted by Gasteiger charge is -2.33. The molecule has 1 aromatic carbocycles. The summed E-state index contributed by atoms with van der Waals surface area (Å²) >= 11 is 12.3. The summed E-state index contributed by atoms with van der Waals surface area (Å²) in [5.74, 6) is -3.82. The lowest BCUT2D eigenvalue weighted by Crippen LogP contribution is -2.58. The molecule has 3 amide bonds. The summed E-state index contributed by atoms with van der Waals surface area (Å²) in [6.07, 6.45) is -2.24. The molecule has 0 saturated carbocycles. The number of nitrogens with zero attached hydrogens (tertiary/aromatic N) is 1. The Labute approximate surface area is 277 Å². The number of hydrogen-bond donors (Lipinski definition) is 4. The number of hydrogen-bond acceptors (Lipinski definition) is 9. The standard InChI is InChI=1S/C24H31ClI3N3O9/c1-10(32)30-31(12-7-38-24(4,5)40-9-14(12)34)22(36)16-18(26)15(19(27)17(25)20(16)28)21(35)29-11-6-37-23(2,3)39-8-13(11)33/h11-14,33-34H,6-9H2,1-5H3,(H,29,35)(H,30,32). The van der Waals surface area contributed by atoms with E-state index < -0.39 is 53.6 Å². The Bertz CT molecular complexity index is 1170. The summed E-state index contributed by atoms with van der Waals surface area (Å²) < 4.78 is 23.5. The summed E-state index contributed by atoms with van der Waals surface area (Å²) in [5.41, 5.74) is 2.64. The number of ether oxygens (including phenoxy) is 4. The van der Waals surface area contributed by atoms with Crippen LogP contribution in [-0.2, 0) is 23.7 Å². The van der Waals surface area contributed by atoms with Crippen molar-refractivity contribution < 1.29 is 43.5 Å². The van der Waals surface area contributed by atoms with Gasteiger partial charge in [0.1, 0.15) is 12.1 Å². The molecule has 0 spiro atoms. The van der Waals surface area contributed by atoms with E-state index in [1.54, 1.807) is 27.7 Å². The minimum atomic E-state index is -1.20. The Morgan fingerprint density at radius 2 is 1.35 bits per heavy atom. The van der Waals surface area contributed by atoms with Crippen LogP contribution in [0, 0.1) is 10.7 Å². The molecule has 224 valence electrons. The van der Waals surface area contributed by atoms with Crippen LogP contribution >= 0.6 is 79.4 Å². The first-order valence-corrected chi connectivity index (χ1v) is 15.8. The molecule has 1 aromatic rings. The van der Waals surface area contributed by atoms with Crippen molar-refractivity contribution in [3.63, 3.8) is 0 Å². The number of aliphatic hydroxyl groups excluding tert-OH is 2. The van der Waals surface area contributed by atoms with E-state index in [0.717, 1.165) is 5.01 Å². The maximum Gasteiger partial charge on any atom is 0.274 e. The predicted molar refractivity (Wildman–Crippen MR) is 169 cm³/mol. The summed E-state index contributed by atoms with van der Waals surface area (Å²) in [5, 5.41) is 25.3. The Balaban J connectivity index is 2.02. The molecule has 4 N–H and O–H groups in total. The van der Waals surface area contributed by atoms with Gasteiger partial charge in [-0.1, -0.05) is 11.6 Å². The summed E-state index contributed by atoms with van der Waals surface area (Å²) in [4.78, 5) is 39.8. The zero-order valence-corrected chi connectivity index (χ0v) is 29.6. The van der Waals surface area contributed by atoms with E-state index in [-0.39, 0.29) is 46.1 Å². The lowest BCUT2D eigenvalue weighted by molar-refractivity contribution is -0.204. The first-order valence-electron chi connectivity index (χ1n) is 12.1. The van der Waals surface area contributed by atoms with Gasteiger partial charge in [0.05, 0.1) is 54.7 Å². The van der Waals surface area contributed by atoms with Gasteiger partial charge in [-0.15, -0.1) is 0 Å². The molecule has 40 heavy (non-hydrogen) atoms. The van der Waals surface area contributed by atoms with E-state index in [1.807, 2.05) is 67.8 Å². The van der Waals surface area contributed by atoms with Gasteiger partial charge in [0, 0.05) is 17.6 Å². The van der Waals surface area contributed by atoms with Crippen molar-refractivity contribution in [2.24, 2.45) is 0 Å². The third kappa shape index (κ3) is 8.07. The minimum absolute atomic E-state index is 0.00868. The van der Waals surface area contributed by atoms with Crippen LogP contribution in [0.2, 0.25) is 5.02 Å². The molecular formula is C24H31ClI3N3O9. The van der Waals surface area contributed by atoms with Gasteiger partial charge in [-0.2, -0.15) is 0 Å². The van der Waals surface area contributed by atoms with E-state index in [2.05, 4.69) is 10.7 Å². The number of nitrogens with one attached hydrogen (secondary N) is 2. The molecule has 2 saturated heterocycles. The second-order valence-electron chi connectivity index (χ2n) is 10.2. The highest BCUT2D eigenvalue weighted by atomic mass is 127.